The number of nitrogens with one attached hydrogen (secondary N) is 1. The molecule has 0 aromatic heterocycles. The van der Waals surface area contributed by atoms with Gasteiger partial charge in [0, 0.05) is 19.0 Å². The van der Waals surface area contributed by atoms with Gasteiger partial charge >= 0.3 is 18.2 Å². The summed E-state index contributed by atoms with van der Waals surface area (Å²) in [5.41, 5.74) is -0.356. The fourth-order valence-electron chi connectivity index (χ4n) is 3.19. The molecule has 0 unspecified atom stereocenters. The molecule has 8 heteroatoms. The highest BCUT2D eigenvalue weighted by Crippen LogP contribution is 2.32. The van der Waals surface area contributed by atoms with E-state index in [1.807, 2.05) is 38.1 Å². The van der Waals surface area contributed by atoms with Gasteiger partial charge in [0.15, 0.2) is 0 Å². The molecule has 1 rings (SSSR count). The molecule has 1 aromatic rings. The third kappa shape index (κ3) is 8.05. The number of rotatable bonds is 6. The van der Waals surface area contributed by atoms with E-state index in [0.29, 0.717) is 6.54 Å². The van der Waals surface area contributed by atoms with Crippen molar-refractivity contribution in [2.75, 3.05) is 14.2 Å². The van der Waals surface area contributed by atoms with Gasteiger partial charge in [-0.05, 0) is 52.7 Å². The Hall–Kier alpha value is -2.77. The molecule has 2 amide bonds. The van der Waals surface area contributed by atoms with Gasteiger partial charge in [0.1, 0.15) is 17.2 Å². The highest BCUT2D eigenvalue weighted by atomic mass is 16.6. The first kappa shape index (κ1) is 27.3. The number of hydrogen-bond donors (Lipinski definition) is 1. The van der Waals surface area contributed by atoms with Crippen molar-refractivity contribution in [1.82, 2.24) is 10.2 Å². The third-order valence-corrected chi connectivity index (χ3v) is 4.71. The van der Waals surface area contributed by atoms with Crippen molar-refractivity contribution in [3.05, 3.63) is 35.4 Å². The van der Waals surface area contributed by atoms with Gasteiger partial charge in [-0.25, -0.2) is 14.4 Å². The van der Waals surface area contributed by atoms with Crippen LogP contribution in [0, 0.1) is 0 Å². The topological polar surface area (TPSA) is 94.2 Å². The summed E-state index contributed by atoms with van der Waals surface area (Å²) in [6.07, 6.45) is -1.11. The Morgan fingerprint density at radius 1 is 0.906 bits per heavy atom. The first-order valence-electron chi connectivity index (χ1n) is 10.6. The minimum absolute atomic E-state index is 0.299. The molecule has 180 valence electrons. The van der Waals surface area contributed by atoms with E-state index in [9.17, 15) is 14.4 Å². The molecule has 8 nitrogen and oxygen atoms in total. The van der Waals surface area contributed by atoms with Gasteiger partial charge in [-0.1, -0.05) is 38.1 Å². The van der Waals surface area contributed by atoms with E-state index in [1.54, 1.807) is 41.5 Å². The van der Waals surface area contributed by atoms with Crippen molar-refractivity contribution in [3.63, 3.8) is 0 Å². The standard InChI is InChI=1S/C24H38N2O6/c1-22(2,3)31-20(28)25-15-16-11-13-17(14-12-16)24(7,8)18(19(27)30-10)26(9)21(29)32-23(4,5)6/h11-14,18H,15H2,1-10H3,(H,25,28)/t18-/m1/s1. The lowest BCUT2D eigenvalue weighted by Crippen LogP contribution is -2.54. The lowest BCUT2D eigenvalue weighted by molar-refractivity contribution is -0.148. The van der Waals surface area contributed by atoms with Gasteiger partial charge in [-0.15, -0.1) is 0 Å². The number of benzene rings is 1. The van der Waals surface area contributed by atoms with E-state index in [4.69, 9.17) is 14.2 Å². The van der Waals surface area contributed by atoms with Crippen molar-refractivity contribution in [2.24, 2.45) is 0 Å². The zero-order chi connectivity index (χ0) is 24.9. The molecule has 0 radical (unpaired) electrons. The second-order valence-electron chi connectivity index (χ2n) is 10.3. The first-order valence-corrected chi connectivity index (χ1v) is 10.6. The van der Waals surface area contributed by atoms with Crippen molar-refractivity contribution < 1.29 is 28.6 Å². The molecule has 0 aliphatic carbocycles. The highest BCUT2D eigenvalue weighted by molar-refractivity contribution is 5.83. The predicted molar refractivity (Wildman–Crippen MR) is 122 cm³/mol. The summed E-state index contributed by atoms with van der Waals surface area (Å²) < 4.78 is 15.7. The number of hydrogen-bond acceptors (Lipinski definition) is 6. The molecular weight excluding hydrogens is 412 g/mol. The molecule has 0 aliphatic heterocycles. The molecule has 1 atom stereocenters. The van der Waals surface area contributed by atoms with E-state index in [2.05, 4.69) is 5.32 Å². The monoisotopic (exact) mass is 450 g/mol. The molecule has 32 heavy (non-hydrogen) atoms. The Balaban J connectivity index is 3.04. The molecule has 0 spiro atoms. The molecule has 0 bridgehead atoms. The second kappa shape index (κ2) is 10.2. The molecule has 0 saturated heterocycles. The molecule has 0 saturated carbocycles. The first-order chi connectivity index (χ1) is 14.5. The van der Waals surface area contributed by atoms with Gasteiger partial charge in [-0.2, -0.15) is 0 Å². The number of ether oxygens (including phenoxy) is 3. The quantitative estimate of drug-likeness (QED) is 0.510. The summed E-state index contributed by atoms with van der Waals surface area (Å²) in [4.78, 5) is 38.4. The van der Waals surface area contributed by atoms with Gasteiger partial charge in [0.25, 0.3) is 0 Å². The van der Waals surface area contributed by atoms with Crippen LogP contribution in [0.3, 0.4) is 0 Å². The molecule has 0 heterocycles. The van der Waals surface area contributed by atoms with Crippen LogP contribution in [0.2, 0.25) is 0 Å². The number of carbonyl (C=O) groups excluding carboxylic acids is 3. The van der Waals surface area contributed by atoms with Crippen molar-refractivity contribution in [1.29, 1.82) is 0 Å². The summed E-state index contributed by atoms with van der Waals surface area (Å²) in [5.74, 6) is -0.543. The number of likely N-dealkylation sites (N-methyl/N-ethyl adjacent to an activating group) is 1. The van der Waals surface area contributed by atoms with Gasteiger partial charge in [0.05, 0.1) is 7.11 Å². The summed E-state index contributed by atoms with van der Waals surface area (Å²) >= 11 is 0. The Bertz CT molecular complexity index is 803. The van der Waals surface area contributed by atoms with E-state index >= 15 is 0 Å². The minimum Gasteiger partial charge on any atom is -0.467 e. The van der Waals surface area contributed by atoms with Crippen LogP contribution in [-0.4, -0.2) is 54.5 Å². The smallest absolute Gasteiger partial charge is 0.410 e. The lowest BCUT2D eigenvalue weighted by atomic mass is 9.77. The summed E-state index contributed by atoms with van der Waals surface area (Å²) in [5, 5.41) is 2.71. The lowest BCUT2D eigenvalue weighted by Gasteiger charge is -2.39. The van der Waals surface area contributed by atoms with Crippen LogP contribution in [0.25, 0.3) is 0 Å². The maximum Gasteiger partial charge on any atom is 0.410 e. The van der Waals surface area contributed by atoms with Crippen LogP contribution in [0.15, 0.2) is 24.3 Å². The van der Waals surface area contributed by atoms with Gasteiger partial charge in [-0.3, -0.25) is 4.90 Å². The van der Waals surface area contributed by atoms with Crippen LogP contribution >= 0.6 is 0 Å². The minimum atomic E-state index is -0.909. The summed E-state index contributed by atoms with van der Waals surface area (Å²) in [7, 11) is 2.82. The Kier molecular flexibility index (Phi) is 8.72. The summed E-state index contributed by atoms with van der Waals surface area (Å²) in [6.45, 7) is 14.7. The van der Waals surface area contributed by atoms with Crippen LogP contribution in [0.5, 0.6) is 0 Å². The number of methoxy groups -OCH3 is 1. The van der Waals surface area contributed by atoms with Crippen LogP contribution in [-0.2, 0) is 31.0 Å². The van der Waals surface area contributed by atoms with E-state index in [0.717, 1.165) is 11.1 Å². The van der Waals surface area contributed by atoms with Crippen LogP contribution in [0.4, 0.5) is 9.59 Å². The average Bonchev–Trinajstić information content (AvgIpc) is 2.63. The number of carbonyl (C=O) groups is 3. The maximum absolute atomic E-state index is 12.7. The zero-order valence-electron chi connectivity index (χ0n) is 21.0. The fourth-order valence-corrected chi connectivity index (χ4v) is 3.19. The van der Waals surface area contributed by atoms with Crippen LogP contribution in [0.1, 0.15) is 66.5 Å². The SMILES string of the molecule is COC(=O)[C@@H](N(C)C(=O)OC(C)(C)C)C(C)(C)c1ccc(CNC(=O)OC(C)(C)C)cc1. The largest absolute Gasteiger partial charge is 0.467 e. The van der Waals surface area contributed by atoms with E-state index in [1.165, 1.54) is 19.1 Å². The predicted octanol–water partition coefficient (Wildman–Crippen LogP) is 4.40. The average molecular weight is 451 g/mol. The Morgan fingerprint density at radius 3 is 1.84 bits per heavy atom. The van der Waals surface area contributed by atoms with E-state index < -0.39 is 40.8 Å². The van der Waals surface area contributed by atoms with Crippen molar-refractivity contribution in [2.45, 2.75) is 84.6 Å². The third-order valence-electron chi connectivity index (χ3n) is 4.71. The molecular formula is C24H38N2O6. The van der Waals surface area contributed by atoms with Gasteiger partial charge in [0.2, 0.25) is 0 Å². The van der Waals surface area contributed by atoms with Crippen LogP contribution < -0.4 is 5.32 Å². The Morgan fingerprint density at radius 2 is 1.41 bits per heavy atom. The number of esters is 1. The molecule has 0 fully saturated rings. The zero-order valence-corrected chi connectivity index (χ0v) is 21.0. The van der Waals surface area contributed by atoms with E-state index in [-0.39, 0.29) is 0 Å². The Labute approximate surface area is 191 Å². The number of nitrogens with zero attached hydrogens (tertiary/aromatic N) is 1. The molecule has 1 aromatic carbocycles. The second-order valence-corrected chi connectivity index (χ2v) is 10.3. The molecule has 1 N–H and O–H groups in total. The maximum atomic E-state index is 12.7. The van der Waals surface area contributed by atoms with Gasteiger partial charge < -0.3 is 19.5 Å². The normalized spacial score (nSPS) is 13.1. The number of amides is 2. The molecule has 0 aliphatic rings. The van der Waals surface area contributed by atoms with Crippen molar-refractivity contribution >= 4 is 18.2 Å². The fraction of sp³-hybridized carbons (Fsp3) is 0.625. The highest BCUT2D eigenvalue weighted by Gasteiger charge is 2.43. The number of alkyl carbamates (subject to hydrolysis) is 1. The van der Waals surface area contributed by atoms with Crippen molar-refractivity contribution in [3.8, 4) is 0 Å². The summed E-state index contributed by atoms with van der Waals surface area (Å²) in [6, 6.07) is 6.54.